The van der Waals surface area contributed by atoms with E-state index in [4.69, 9.17) is 15.4 Å². The molecule has 10 N–H and O–H groups in total. The first kappa shape index (κ1) is 37.4. The molecule has 1 aliphatic rings. The Morgan fingerprint density at radius 2 is 1.62 bits per heavy atom. The van der Waals surface area contributed by atoms with Crippen molar-refractivity contribution in [1.29, 1.82) is 0 Å². The predicted molar refractivity (Wildman–Crippen MR) is 86.6 cm³/mol. The molecule has 3 unspecified atom stereocenters. The topological polar surface area (TPSA) is 339 Å². The Kier molecular flexibility index (Phi) is 16.2. The van der Waals surface area contributed by atoms with Gasteiger partial charge in [0.05, 0.1) is 0 Å². The standard InChI is InChI=1S/C8H14N3O14P3.2Na.2H2O/c9-3-1-2-11(8(14)10-3)6-4(12)5(13)7(22-6)23-27(18,19)25-28(20,21)24-26(15,16)17;;;;/h1-2,4-7,12-13H,(H,18,19)(H,20,21)(H2,9,10,14)(H2,15,16,17);;;2*1H2/q;2*+1;;/p-2/t4-,5+,6-,7-;;;;/m1..../s1. The van der Waals surface area contributed by atoms with E-state index < -0.39 is 53.9 Å². The molecule has 0 amide bonds. The molecular weight excluding hydrogens is 533 g/mol. The van der Waals surface area contributed by atoms with Crippen LogP contribution in [-0.2, 0) is 31.6 Å². The maximum Gasteiger partial charge on any atom is 1.00 e. The summed E-state index contributed by atoms with van der Waals surface area (Å²) in [6.45, 7) is 0. The first-order valence-electron chi connectivity index (χ1n) is 6.75. The Morgan fingerprint density at radius 3 is 2.09 bits per heavy atom. The van der Waals surface area contributed by atoms with Crippen LogP contribution in [0.3, 0.4) is 0 Å². The zero-order chi connectivity index (χ0) is 21.5. The summed E-state index contributed by atoms with van der Waals surface area (Å²) < 4.78 is 49.6. The Bertz CT molecular complexity index is 941. The summed E-state index contributed by atoms with van der Waals surface area (Å²) in [6.07, 6.45) is -6.95. The number of aromatic nitrogens is 2. The van der Waals surface area contributed by atoms with Crippen molar-refractivity contribution in [1.82, 2.24) is 9.55 Å². The van der Waals surface area contributed by atoms with Gasteiger partial charge in [-0.2, -0.15) is 4.98 Å². The Morgan fingerprint density at radius 1 is 1.09 bits per heavy atom. The van der Waals surface area contributed by atoms with Gasteiger partial charge in [0.25, 0.3) is 15.6 Å². The minimum absolute atomic E-state index is 0. The maximum absolute atomic E-state index is 11.7. The molecule has 24 heteroatoms. The van der Waals surface area contributed by atoms with Crippen molar-refractivity contribution in [3.05, 3.63) is 22.7 Å². The monoisotopic (exact) mass is 549 g/mol. The van der Waals surface area contributed by atoms with Crippen molar-refractivity contribution in [2.45, 2.75) is 24.7 Å². The van der Waals surface area contributed by atoms with Crippen molar-refractivity contribution in [3.63, 3.8) is 0 Å². The first-order valence-corrected chi connectivity index (χ1v) is 11.2. The third kappa shape index (κ3) is 10.7. The van der Waals surface area contributed by atoms with Crippen LogP contribution in [0, 0.1) is 0 Å². The fourth-order valence-corrected chi connectivity index (χ4v) is 4.98. The van der Waals surface area contributed by atoms with Gasteiger partial charge in [0.1, 0.15) is 18.0 Å². The second kappa shape index (κ2) is 13.8. The van der Waals surface area contributed by atoms with Crippen molar-refractivity contribution < 1.29 is 131 Å². The van der Waals surface area contributed by atoms with E-state index in [1.54, 1.807) is 0 Å². The molecular formula is C8H16N3Na2O16P3. The van der Waals surface area contributed by atoms with Crippen molar-refractivity contribution in [3.8, 4) is 0 Å². The Labute approximate surface area is 222 Å². The molecule has 32 heavy (non-hydrogen) atoms. The summed E-state index contributed by atoms with van der Waals surface area (Å²) in [4.78, 5) is 54.3. The molecule has 0 radical (unpaired) electrons. The molecule has 176 valence electrons. The maximum atomic E-state index is 11.7. The van der Waals surface area contributed by atoms with Crippen LogP contribution in [0.5, 0.6) is 0 Å². The number of rotatable bonds is 7. The summed E-state index contributed by atoms with van der Waals surface area (Å²) in [5.41, 5.74) is 4.25. The number of aliphatic hydroxyl groups is 2. The minimum atomic E-state index is -6.11. The molecule has 0 saturated carbocycles. The largest absolute Gasteiger partial charge is 1.00 e. The summed E-state index contributed by atoms with van der Waals surface area (Å²) in [5.74, 6) is -0.180. The summed E-state index contributed by atoms with van der Waals surface area (Å²) in [6, 6.07) is 1.12. The molecule has 2 rings (SSSR count). The van der Waals surface area contributed by atoms with Gasteiger partial charge in [-0.05, 0) is 6.07 Å². The summed E-state index contributed by atoms with van der Waals surface area (Å²) in [7, 11) is -17.8. The van der Waals surface area contributed by atoms with Crippen LogP contribution in [0.15, 0.2) is 17.1 Å². The van der Waals surface area contributed by atoms with E-state index >= 15 is 0 Å². The molecule has 0 bridgehead atoms. The minimum Gasteiger partial charge on any atom is -0.756 e. The van der Waals surface area contributed by atoms with E-state index in [-0.39, 0.29) is 75.9 Å². The van der Waals surface area contributed by atoms with Gasteiger partial charge in [-0.15, -0.1) is 0 Å². The molecule has 2 heterocycles. The molecule has 1 aromatic rings. The zero-order valence-corrected chi connectivity index (χ0v) is 22.8. The number of hydrogen-bond donors (Lipinski definition) is 5. The van der Waals surface area contributed by atoms with Crippen LogP contribution in [0.4, 0.5) is 5.82 Å². The van der Waals surface area contributed by atoms with Crippen LogP contribution in [-0.4, -0.2) is 59.0 Å². The second-order valence-electron chi connectivity index (χ2n) is 5.07. The van der Waals surface area contributed by atoms with Crippen molar-refractivity contribution in [2.24, 2.45) is 0 Å². The number of phosphoric acid groups is 3. The van der Waals surface area contributed by atoms with Crippen molar-refractivity contribution >= 4 is 29.3 Å². The van der Waals surface area contributed by atoms with E-state index in [2.05, 4.69) is 18.1 Å². The van der Waals surface area contributed by atoms with Gasteiger partial charge in [-0.25, -0.2) is 18.0 Å². The molecule has 0 aromatic carbocycles. The van der Waals surface area contributed by atoms with Gasteiger partial charge in [-0.1, -0.05) is 0 Å². The molecule has 0 aliphatic carbocycles. The number of ether oxygens (including phenoxy) is 1. The Hall–Kier alpha value is 0.890. The molecule has 7 atom stereocenters. The molecule has 1 saturated heterocycles. The third-order valence-electron chi connectivity index (χ3n) is 2.96. The van der Waals surface area contributed by atoms with Gasteiger partial charge in [0.2, 0.25) is 0 Å². The summed E-state index contributed by atoms with van der Waals surface area (Å²) >= 11 is 0. The van der Waals surface area contributed by atoms with Crippen LogP contribution < -0.4 is 80.3 Å². The number of phosphoric ester groups is 1. The normalized spacial score (nSPS) is 27.7. The molecule has 19 nitrogen and oxygen atoms in total. The Balaban J connectivity index is -0.00000210. The van der Waals surface area contributed by atoms with E-state index in [0.29, 0.717) is 4.57 Å². The van der Waals surface area contributed by atoms with Crippen LogP contribution >= 0.6 is 23.5 Å². The van der Waals surface area contributed by atoms with Crippen molar-refractivity contribution in [2.75, 3.05) is 5.73 Å². The average molecular weight is 549 g/mol. The average Bonchev–Trinajstić information content (AvgIpc) is 2.71. The summed E-state index contributed by atoms with van der Waals surface area (Å²) in [5, 5.41) is 19.7. The quantitative estimate of drug-likeness (QED) is 0.156. The van der Waals surface area contributed by atoms with Gasteiger partial charge < -0.3 is 51.2 Å². The van der Waals surface area contributed by atoms with E-state index in [1.807, 2.05) is 0 Å². The number of nitrogens with two attached hydrogens (primary N) is 1. The van der Waals surface area contributed by atoms with E-state index in [0.717, 1.165) is 12.3 Å². The molecule has 0 spiro atoms. The molecule has 1 fully saturated rings. The van der Waals surface area contributed by atoms with Gasteiger partial charge >= 0.3 is 72.6 Å². The van der Waals surface area contributed by atoms with Crippen LogP contribution in [0.1, 0.15) is 6.23 Å². The van der Waals surface area contributed by atoms with Gasteiger partial charge in [0, 0.05) is 6.20 Å². The van der Waals surface area contributed by atoms with Gasteiger partial charge in [-0.3, -0.25) is 18.2 Å². The molecule has 1 aromatic heterocycles. The van der Waals surface area contributed by atoms with Crippen LogP contribution in [0.2, 0.25) is 0 Å². The number of nitrogen functional groups attached to an aromatic ring is 1. The number of anilines is 1. The SMILES string of the molecule is Nc1ccn([C@@H]2O[C@H](OP(=O)(O)OP(=O)([O-])OP(=O)([O-])O)[C@@H](O)[C@H]2O)c(=O)n1.O.O.[Na+].[Na+]. The zero-order valence-electron chi connectivity index (χ0n) is 16.1. The van der Waals surface area contributed by atoms with E-state index in [1.165, 1.54) is 0 Å². The second-order valence-corrected chi connectivity index (χ2v) is 9.36. The fraction of sp³-hybridized carbons (Fsp3) is 0.500. The van der Waals surface area contributed by atoms with Gasteiger partial charge in [0.15, 0.2) is 12.5 Å². The number of aliphatic hydroxyl groups excluding tert-OH is 2. The predicted octanol–water partition coefficient (Wildman–Crippen LogP) is -11.2. The number of hydrogen-bond acceptors (Lipinski definition) is 14. The van der Waals surface area contributed by atoms with Crippen LogP contribution in [0.25, 0.3) is 0 Å². The first-order chi connectivity index (χ1) is 12.6. The number of nitrogens with zero attached hydrogens (tertiary/aromatic N) is 2. The third-order valence-corrected chi connectivity index (χ3v) is 6.69. The fourth-order valence-electron chi connectivity index (χ4n) is 1.98. The smallest absolute Gasteiger partial charge is 0.756 e. The van der Waals surface area contributed by atoms with E-state index in [9.17, 15) is 43.4 Å². The molecule has 1 aliphatic heterocycles.